The number of methoxy groups -OCH3 is 1. The molecule has 0 fully saturated rings. The van der Waals surface area contributed by atoms with Crippen LogP contribution in [0.5, 0.6) is 5.75 Å². The average Bonchev–Trinajstić information content (AvgIpc) is 2.64. The van der Waals surface area contributed by atoms with Crippen LogP contribution in [-0.4, -0.2) is 25.5 Å². The highest BCUT2D eigenvalue weighted by Crippen LogP contribution is 2.12. The largest absolute Gasteiger partial charge is 0.497 e. The van der Waals surface area contributed by atoms with Gasteiger partial charge in [0, 0.05) is 6.42 Å². The Bertz CT molecular complexity index is 653. The number of carbonyl (C=O) groups excluding carboxylic acids is 2. The number of rotatable bonds is 8. The summed E-state index contributed by atoms with van der Waals surface area (Å²) < 4.78 is 10.2. The fourth-order valence-corrected chi connectivity index (χ4v) is 2.10. The van der Waals surface area contributed by atoms with Gasteiger partial charge in [-0.3, -0.25) is 9.59 Å². The van der Waals surface area contributed by atoms with Gasteiger partial charge in [0.15, 0.2) is 0 Å². The van der Waals surface area contributed by atoms with E-state index in [4.69, 9.17) is 9.47 Å². The summed E-state index contributed by atoms with van der Waals surface area (Å²) in [5, 5.41) is 2.57. The molecule has 0 atom stereocenters. The monoisotopic (exact) mass is 327 g/mol. The smallest absolute Gasteiger partial charge is 0.325 e. The number of hydrogen-bond acceptors (Lipinski definition) is 4. The van der Waals surface area contributed by atoms with E-state index >= 15 is 0 Å². The van der Waals surface area contributed by atoms with Crippen molar-refractivity contribution in [2.75, 3.05) is 13.7 Å². The van der Waals surface area contributed by atoms with Gasteiger partial charge in [-0.2, -0.15) is 0 Å². The maximum Gasteiger partial charge on any atom is 0.325 e. The van der Waals surface area contributed by atoms with Gasteiger partial charge in [0.25, 0.3) is 0 Å². The molecule has 0 radical (unpaired) electrons. The topological polar surface area (TPSA) is 64.6 Å². The van der Waals surface area contributed by atoms with Crippen molar-refractivity contribution < 1.29 is 19.1 Å². The number of aryl methyl sites for hydroxylation is 1. The Kier molecular flexibility index (Phi) is 6.83. The van der Waals surface area contributed by atoms with Gasteiger partial charge >= 0.3 is 5.97 Å². The third-order valence-corrected chi connectivity index (χ3v) is 3.47. The Morgan fingerprint density at radius 1 is 0.958 bits per heavy atom. The minimum absolute atomic E-state index is 0.117. The molecule has 1 amide bonds. The van der Waals surface area contributed by atoms with E-state index in [0.717, 1.165) is 16.9 Å². The van der Waals surface area contributed by atoms with E-state index in [2.05, 4.69) is 5.32 Å². The van der Waals surface area contributed by atoms with Crippen molar-refractivity contribution in [3.63, 3.8) is 0 Å². The molecule has 1 N–H and O–H groups in total. The number of carbonyl (C=O) groups is 2. The summed E-state index contributed by atoms with van der Waals surface area (Å²) in [5.41, 5.74) is 1.95. The molecule has 0 spiro atoms. The van der Waals surface area contributed by atoms with Crippen molar-refractivity contribution in [2.45, 2.75) is 19.4 Å². The lowest BCUT2D eigenvalue weighted by molar-refractivity contribution is -0.145. The van der Waals surface area contributed by atoms with Gasteiger partial charge in [-0.05, 0) is 29.7 Å². The Hall–Kier alpha value is -2.82. The SMILES string of the molecule is COc1ccc(CCC(=O)NCC(=O)OCc2ccccc2)cc1. The number of amides is 1. The zero-order valence-corrected chi connectivity index (χ0v) is 13.7. The van der Waals surface area contributed by atoms with Gasteiger partial charge in [0.2, 0.25) is 5.91 Å². The van der Waals surface area contributed by atoms with Crippen molar-refractivity contribution >= 4 is 11.9 Å². The highest BCUT2D eigenvalue weighted by molar-refractivity contribution is 5.82. The van der Waals surface area contributed by atoms with E-state index in [1.165, 1.54) is 0 Å². The molecule has 0 aliphatic heterocycles. The maximum atomic E-state index is 11.8. The third-order valence-electron chi connectivity index (χ3n) is 3.47. The summed E-state index contributed by atoms with van der Waals surface area (Å²) in [6.45, 7) is 0.0929. The molecule has 2 aromatic rings. The molecule has 0 bridgehead atoms. The number of nitrogens with one attached hydrogen (secondary N) is 1. The molecule has 0 aliphatic carbocycles. The van der Waals surface area contributed by atoms with Gasteiger partial charge in [-0.1, -0.05) is 42.5 Å². The fourth-order valence-electron chi connectivity index (χ4n) is 2.10. The van der Waals surface area contributed by atoms with Crippen LogP contribution in [0.15, 0.2) is 54.6 Å². The molecular weight excluding hydrogens is 306 g/mol. The van der Waals surface area contributed by atoms with Gasteiger partial charge in [0.1, 0.15) is 18.9 Å². The lowest BCUT2D eigenvalue weighted by Gasteiger charge is -2.07. The average molecular weight is 327 g/mol. The van der Waals surface area contributed by atoms with Crippen molar-refractivity contribution in [1.82, 2.24) is 5.32 Å². The molecule has 126 valence electrons. The summed E-state index contributed by atoms with van der Waals surface area (Å²) in [6, 6.07) is 17.0. The zero-order valence-electron chi connectivity index (χ0n) is 13.7. The van der Waals surface area contributed by atoms with Crippen LogP contribution in [0.2, 0.25) is 0 Å². The van der Waals surface area contributed by atoms with E-state index < -0.39 is 5.97 Å². The molecule has 0 unspecified atom stereocenters. The van der Waals surface area contributed by atoms with Crippen LogP contribution in [0, 0.1) is 0 Å². The number of ether oxygens (including phenoxy) is 2. The minimum Gasteiger partial charge on any atom is -0.497 e. The number of hydrogen-bond donors (Lipinski definition) is 1. The first-order chi connectivity index (χ1) is 11.7. The summed E-state index contributed by atoms with van der Waals surface area (Å²) in [5.74, 6) is 0.156. The molecule has 2 rings (SSSR count). The molecule has 5 nitrogen and oxygen atoms in total. The van der Waals surface area contributed by atoms with Crippen LogP contribution < -0.4 is 10.1 Å². The first kappa shape index (κ1) is 17.5. The molecular formula is C19H21NO4. The van der Waals surface area contributed by atoms with E-state index in [1.54, 1.807) is 7.11 Å². The van der Waals surface area contributed by atoms with E-state index in [-0.39, 0.29) is 19.1 Å². The summed E-state index contributed by atoms with van der Waals surface area (Å²) in [4.78, 5) is 23.4. The fraction of sp³-hybridized carbons (Fsp3) is 0.263. The van der Waals surface area contributed by atoms with Gasteiger partial charge in [-0.25, -0.2) is 0 Å². The molecule has 0 aromatic heterocycles. The first-order valence-corrected chi connectivity index (χ1v) is 7.76. The summed E-state index contributed by atoms with van der Waals surface area (Å²) in [7, 11) is 1.61. The Morgan fingerprint density at radius 3 is 2.33 bits per heavy atom. The number of benzene rings is 2. The molecule has 24 heavy (non-hydrogen) atoms. The molecule has 5 heteroatoms. The van der Waals surface area contributed by atoms with Crippen LogP contribution in [0.1, 0.15) is 17.5 Å². The van der Waals surface area contributed by atoms with E-state index in [1.807, 2.05) is 54.6 Å². The Labute approximate surface area is 141 Å². The van der Waals surface area contributed by atoms with Crippen molar-refractivity contribution in [1.29, 1.82) is 0 Å². The van der Waals surface area contributed by atoms with Crippen LogP contribution in [0.4, 0.5) is 0 Å². The lowest BCUT2D eigenvalue weighted by atomic mass is 10.1. The summed E-state index contributed by atoms with van der Waals surface area (Å²) in [6.07, 6.45) is 0.924. The van der Waals surface area contributed by atoms with Crippen molar-refractivity contribution in [3.8, 4) is 5.75 Å². The second-order valence-electron chi connectivity index (χ2n) is 5.27. The lowest BCUT2D eigenvalue weighted by Crippen LogP contribution is -2.30. The standard InChI is InChI=1S/C19H21NO4/c1-23-17-10-7-15(8-11-17)9-12-18(21)20-13-19(22)24-14-16-5-3-2-4-6-16/h2-8,10-11H,9,12-14H2,1H3,(H,20,21). The Balaban J connectivity index is 1.64. The predicted octanol–water partition coefficient (Wildman–Crippen LogP) is 2.49. The Morgan fingerprint density at radius 2 is 1.67 bits per heavy atom. The predicted molar refractivity (Wildman–Crippen MR) is 90.6 cm³/mol. The van der Waals surface area contributed by atoms with E-state index in [9.17, 15) is 9.59 Å². The zero-order chi connectivity index (χ0) is 17.2. The molecule has 0 saturated carbocycles. The minimum atomic E-state index is -0.448. The quantitative estimate of drug-likeness (QED) is 0.757. The molecule has 0 heterocycles. The normalized spacial score (nSPS) is 10.0. The molecule has 0 saturated heterocycles. The maximum absolute atomic E-state index is 11.8. The third kappa shape index (κ3) is 6.12. The van der Waals surface area contributed by atoms with Crippen molar-refractivity contribution in [3.05, 3.63) is 65.7 Å². The second-order valence-corrected chi connectivity index (χ2v) is 5.27. The highest BCUT2D eigenvalue weighted by Gasteiger charge is 2.07. The first-order valence-electron chi connectivity index (χ1n) is 7.76. The summed E-state index contributed by atoms with van der Waals surface area (Å²) >= 11 is 0. The molecule has 0 aliphatic rings. The van der Waals surface area contributed by atoms with Crippen LogP contribution >= 0.6 is 0 Å². The van der Waals surface area contributed by atoms with Crippen LogP contribution in [0.25, 0.3) is 0 Å². The van der Waals surface area contributed by atoms with Crippen LogP contribution in [-0.2, 0) is 27.4 Å². The van der Waals surface area contributed by atoms with Crippen LogP contribution in [0.3, 0.4) is 0 Å². The van der Waals surface area contributed by atoms with E-state index in [0.29, 0.717) is 12.8 Å². The van der Waals surface area contributed by atoms with Gasteiger partial charge in [-0.15, -0.1) is 0 Å². The van der Waals surface area contributed by atoms with Gasteiger partial charge < -0.3 is 14.8 Å². The van der Waals surface area contributed by atoms with Crippen molar-refractivity contribution in [2.24, 2.45) is 0 Å². The van der Waals surface area contributed by atoms with Gasteiger partial charge in [0.05, 0.1) is 7.11 Å². The number of esters is 1. The molecule has 2 aromatic carbocycles. The highest BCUT2D eigenvalue weighted by atomic mass is 16.5. The second kappa shape index (κ2) is 9.35.